The lowest BCUT2D eigenvalue weighted by molar-refractivity contribution is -0.0153. The van der Waals surface area contributed by atoms with Crippen molar-refractivity contribution in [3.63, 3.8) is 0 Å². The molecule has 1 unspecified atom stereocenters. The predicted molar refractivity (Wildman–Crippen MR) is 51.0 cm³/mol. The van der Waals surface area contributed by atoms with Crippen LogP contribution >= 0.6 is 0 Å². The number of hydrogen-bond donors (Lipinski definition) is 1. The van der Waals surface area contributed by atoms with Gasteiger partial charge in [0.05, 0.1) is 6.10 Å². The summed E-state index contributed by atoms with van der Waals surface area (Å²) in [4.78, 5) is 0. The number of methoxy groups -OCH3 is 1. The van der Waals surface area contributed by atoms with E-state index in [-0.39, 0.29) is 11.0 Å². The van der Waals surface area contributed by atoms with Crippen LogP contribution in [0.15, 0.2) is 0 Å². The summed E-state index contributed by atoms with van der Waals surface area (Å²) in [6.07, 6.45) is 3.65. The fourth-order valence-corrected chi connectivity index (χ4v) is 2.07. The lowest BCUT2D eigenvalue weighted by atomic mass is 9.76. The van der Waals surface area contributed by atoms with E-state index in [1.807, 2.05) is 0 Å². The smallest absolute Gasteiger partial charge is 0.0637 e. The van der Waals surface area contributed by atoms with Gasteiger partial charge in [-0.15, -0.1) is 0 Å². The van der Waals surface area contributed by atoms with E-state index in [2.05, 4.69) is 20.8 Å². The first-order valence-electron chi connectivity index (χ1n) is 4.79. The quantitative estimate of drug-likeness (QED) is 0.701. The van der Waals surface area contributed by atoms with Gasteiger partial charge in [0, 0.05) is 18.1 Å². The maximum Gasteiger partial charge on any atom is 0.0637 e. The van der Waals surface area contributed by atoms with E-state index >= 15 is 0 Å². The predicted octanol–water partition coefficient (Wildman–Crippen LogP) is 1.93. The van der Waals surface area contributed by atoms with Gasteiger partial charge in [0.1, 0.15) is 0 Å². The third-order valence-electron chi connectivity index (χ3n) is 3.53. The molecule has 0 radical (unpaired) electrons. The Morgan fingerprint density at radius 2 is 2.00 bits per heavy atom. The van der Waals surface area contributed by atoms with Crippen molar-refractivity contribution in [3.8, 4) is 0 Å². The third kappa shape index (κ3) is 1.38. The number of hydrogen-bond acceptors (Lipinski definition) is 2. The van der Waals surface area contributed by atoms with Crippen molar-refractivity contribution < 1.29 is 4.74 Å². The van der Waals surface area contributed by atoms with Gasteiger partial charge in [0.25, 0.3) is 0 Å². The largest absolute Gasteiger partial charge is 0.381 e. The van der Waals surface area contributed by atoms with Crippen molar-refractivity contribution in [2.24, 2.45) is 11.1 Å². The minimum atomic E-state index is 0.0453. The fraction of sp³-hybridized carbons (Fsp3) is 1.00. The molecule has 0 heterocycles. The minimum absolute atomic E-state index is 0.0453. The summed E-state index contributed by atoms with van der Waals surface area (Å²) in [5.41, 5.74) is 6.36. The zero-order valence-corrected chi connectivity index (χ0v) is 8.68. The van der Waals surface area contributed by atoms with Crippen molar-refractivity contribution in [2.75, 3.05) is 7.11 Å². The Bertz CT molecular complexity index is 157. The van der Waals surface area contributed by atoms with Crippen LogP contribution in [0, 0.1) is 5.41 Å². The van der Waals surface area contributed by atoms with Crippen LogP contribution in [0.25, 0.3) is 0 Å². The van der Waals surface area contributed by atoms with E-state index in [9.17, 15) is 0 Å². The molecule has 1 rings (SSSR count). The van der Waals surface area contributed by atoms with E-state index in [4.69, 9.17) is 10.5 Å². The molecule has 2 heteroatoms. The first kappa shape index (κ1) is 10.0. The number of nitrogens with two attached hydrogens (primary N) is 1. The molecule has 1 aliphatic rings. The Hall–Kier alpha value is -0.0800. The minimum Gasteiger partial charge on any atom is -0.381 e. The molecule has 0 saturated heterocycles. The molecule has 2 nitrogen and oxygen atoms in total. The van der Waals surface area contributed by atoms with E-state index in [0.29, 0.717) is 6.10 Å². The van der Waals surface area contributed by atoms with Crippen LogP contribution in [0.2, 0.25) is 0 Å². The summed E-state index contributed by atoms with van der Waals surface area (Å²) in [5, 5.41) is 0. The average molecular weight is 171 g/mol. The standard InChI is InChI=1S/C10H21NO/c1-5-8(12-4)9(2,3)10(11)6-7-10/h8H,5-7,11H2,1-4H3. The molecular weight excluding hydrogens is 150 g/mol. The highest BCUT2D eigenvalue weighted by Gasteiger charge is 2.54. The molecule has 0 aromatic carbocycles. The second-order valence-corrected chi connectivity index (χ2v) is 4.51. The fourth-order valence-electron chi connectivity index (χ4n) is 2.07. The average Bonchev–Trinajstić information content (AvgIpc) is 2.71. The van der Waals surface area contributed by atoms with Crippen LogP contribution in [0.1, 0.15) is 40.0 Å². The highest BCUT2D eigenvalue weighted by atomic mass is 16.5. The van der Waals surface area contributed by atoms with Gasteiger partial charge < -0.3 is 10.5 Å². The Kier molecular flexibility index (Phi) is 2.50. The molecule has 0 aromatic rings. The lowest BCUT2D eigenvalue weighted by Gasteiger charge is -2.38. The van der Waals surface area contributed by atoms with Gasteiger partial charge in [-0.25, -0.2) is 0 Å². The Labute approximate surface area is 75.5 Å². The van der Waals surface area contributed by atoms with E-state index < -0.39 is 0 Å². The molecule has 1 fully saturated rings. The van der Waals surface area contributed by atoms with Crippen molar-refractivity contribution >= 4 is 0 Å². The summed E-state index contributed by atoms with van der Waals surface area (Å²) in [5.74, 6) is 0. The van der Waals surface area contributed by atoms with Crippen LogP contribution in [-0.2, 0) is 4.74 Å². The maximum absolute atomic E-state index is 6.20. The molecule has 1 aliphatic carbocycles. The van der Waals surface area contributed by atoms with Gasteiger partial charge in [-0.05, 0) is 19.3 Å². The third-order valence-corrected chi connectivity index (χ3v) is 3.53. The van der Waals surface area contributed by atoms with Gasteiger partial charge >= 0.3 is 0 Å². The number of ether oxygens (including phenoxy) is 1. The molecule has 0 amide bonds. The van der Waals surface area contributed by atoms with Crippen molar-refractivity contribution in [3.05, 3.63) is 0 Å². The Morgan fingerprint density at radius 3 is 2.25 bits per heavy atom. The topological polar surface area (TPSA) is 35.2 Å². The maximum atomic E-state index is 6.20. The second-order valence-electron chi connectivity index (χ2n) is 4.51. The summed E-state index contributed by atoms with van der Waals surface area (Å²) in [6.45, 7) is 6.59. The zero-order valence-electron chi connectivity index (χ0n) is 8.68. The summed E-state index contributed by atoms with van der Waals surface area (Å²) < 4.78 is 5.45. The molecule has 0 aromatic heterocycles. The van der Waals surface area contributed by atoms with Gasteiger partial charge in [-0.1, -0.05) is 20.8 Å². The lowest BCUT2D eigenvalue weighted by Crippen LogP contribution is -2.48. The van der Waals surface area contributed by atoms with E-state index in [1.165, 1.54) is 0 Å². The van der Waals surface area contributed by atoms with Gasteiger partial charge in [0.15, 0.2) is 0 Å². The summed E-state index contributed by atoms with van der Waals surface area (Å²) in [6, 6.07) is 0. The molecule has 72 valence electrons. The molecule has 12 heavy (non-hydrogen) atoms. The van der Waals surface area contributed by atoms with Crippen molar-refractivity contribution in [1.82, 2.24) is 0 Å². The highest BCUT2D eigenvalue weighted by molar-refractivity contribution is 5.11. The van der Waals surface area contributed by atoms with Crippen LogP contribution < -0.4 is 5.73 Å². The van der Waals surface area contributed by atoms with Gasteiger partial charge in [0.2, 0.25) is 0 Å². The van der Waals surface area contributed by atoms with Crippen LogP contribution in [0.5, 0.6) is 0 Å². The molecule has 0 spiro atoms. The van der Waals surface area contributed by atoms with Gasteiger partial charge in [-0.3, -0.25) is 0 Å². The van der Waals surface area contributed by atoms with Crippen LogP contribution in [-0.4, -0.2) is 18.8 Å². The highest BCUT2D eigenvalue weighted by Crippen LogP contribution is 2.50. The molecule has 1 saturated carbocycles. The van der Waals surface area contributed by atoms with Crippen LogP contribution in [0.3, 0.4) is 0 Å². The normalized spacial score (nSPS) is 23.8. The SMILES string of the molecule is CCC(OC)C(C)(C)C1(N)CC1. The summed E-state index contributed by atoms with van der Waals surface area (Å²) in [7, 11) is 1.78. The first-order valence-corrected chi connectivity index (χ1v) is 4.79. The Balaban J connectivity index is 2.68. The molecule has 0 bridgehead atoms. The molecule has 1 atom stereocenters. The van der Waals surface area contributed by atoms with Crippen LogP contribution in [0.4, 0.5) is 0 Å². The monoisotopic (exact) mass is 171 g/mol. The molecule has 2 N–H and O–H groups in total. The van der Waals surface area contributed by atoms with Crippen molar-refractivity contribution in [1.29, 1.82) is 0 Å². The van der Waals surface area contributed by atoms with Gasteiger partial charge in [-0.2, -0.15) is 0 Å². The second kappa shape index (κ2) is 3.00. The van der Waals surface area contributed by atoms with Crippen molar-refractivity contribution in [2.45, 2.75) is 51.7 Å². The van der Waals surface area contributed by atoms with E-state index in [0.717, 1.165) is 19.3 Å². The Morgan fingerprint density at radius 1 is 1.50 bits per heavy atom. The first-order chi connectivity index (χ1) is 5.48. The zero-order chi connectivity index (χ0) is 9.41. The molecule has 0 aliphatic heterocycles. The number of rotatable bonds is 4. The van der Waals surface area contributed by atoms with E-state index in [1.54, 1.807) is 7.11 Å². The molecular formula is C10H21NO. The summed E-state index contributed by atoms with van der Waals surface area (Å²) >= 11 is 0.